The molecule has 0 saturated carbocycles. The van der Waals surface area contributed by atoms with Gasteiger partial charge in [-0.05, 0) is 43.6 Å². The van der Waals surface area contributed by atoms with Crippen LogP contribution in [0.4, 0.5) is 0 Å². The molecule has 0 amide bonds. The molecule has 1 heterocycles. The third-order valence-corrected chi connectivity index (χ3v) is 4.02. The minimum Gasteiger partial charge on any atom is -0.497 e. The van der Waals surface area contributed by atoms with Crippen LogP contribution < -0.4 is 15.8 Å². The average Bonchev–Trinajstić information content (AvgIpc) is 2.99. The van der Waals surface area contributed by atoms with E-state index in [0.29, 0.717) is 18.5 Å². The van der Waals surface area contributed by atoms with Crippen molar-refractivity contribution in [2.24, 2.45) is 10.7 Å². The fourth-order valence-electron chi connectivity index (χ4n) is 2.73. The molecule has 1 atom stereocenters. The summed E-state index contributed by atoms with van der Waals surface area (Å²) in [5.41, 5.74) is 7.06. The maximum absolute atomic E-state index is 5.94. The van der Waals surface area contributed by atoms with Gasteiger partial charge in [0.15, 0.2) is 5.96 Å². The molecule has 116 valence electrons. The van der Waals surface area contributed by atoms with E-state index in [2.05, 4.69) is 22.1 Å². The lowest BCUT2D eigenvalue weighted by Gasteiger charge is -2.23. The Bertz CT molecular complexity index is 458. The zero-order valence-corrected chi connectivity index (χ0v) is 13.0. The summed E-state index contributed by atoms with van der Waals surface area (Å²) in [5.74, 6) is 1.38. The summed E-state index contributed by atoms with van der Waals surface area (Å²) < 4.78 is 5.13. The van der Waals surface area contributed by atoms with Crippen molar-refractivity contribution in [2.45, 2.75) is 32.4 Å². The Morgan fingerprint density at radius 1 is 1.43 bits per heavy atom. The van der Waals surface area contributed by atoms with Gasteiger partial charge in [0, 0.05) is 12.6 Å². The molecule has 21 heavy (non-hydrogen) atoms. The molecule has 0 bridgehead atoms. The normalized spacial score (nSPS) is 19.7. The van der Waals surface area contributed by atoms with Crippen molar-refractivity contribution < 1.29 is 4.74 Å². The molecular weight excluding hydrogens is 264 g/mol. The van der Waals surface area contributed by atoms with Crippen molar-refractivity contribution in [1.82, 2.24) is 10.2 Å². The van der Waals surface area contributed by atoms with Crippen LogP contribution in [0.15, 0.2) is 29.3 Å². The van der Waals surface area contributed by atoms with Crippen molar-refractivity contribution in [3.05, 3.63) is 29.8 Å². The van der Waals surface area contributed by atoms with Gasteiger partial charge in [-0.3, -0.25) is 4.90 Å². The minimum atomic E-state index is 0.522. The van der Waals surface area contributed by atoms with Gasteiger partial charge in [0.05, 0.1) is 13.7 Å². The highest BCUT2D eigenvalue weighted by Crippen LogP contribution is 2.15. The number of nitrogens with one attached hydrogen (secondary N) is 1. The van der Waals surface area contributed by atoms with Crippen LogP contribution in [0.1, 0.15) is 25.3 Å². The number of aliphatic imine (C=N–C) groups is 1. The van der Waals surface area contributed by atoms with Crippen LogP contribution >= 0.6 is 0 Å². The fraction of sp³-hybridized carbons (Fsp3) is 0.562. The molecule has 1 saturated heterocycles. The zero-order chi connectivity index (χ0) is 15.1. The largest absolute Gasteiger partial charge is 0.497 e. The SMILES string of the molecule is CCN1CCCC1CNC(N)=NCc1ccc(OC)cc1. The van der Waals surface area contributed by atoms with E-state index in [-0.39, 0.29) is 0 Å². The highest BCUT2D eigenvalue weighted by atomic mass is 16.5. The van der Waals surface area contributed by atoms with Gasteiger partial charge >= 0.3 is 0 Å². The first-order chi connectivity index (χ1) is 10.2. The molecule has 1 aromatic carbocycles. The van der Waals surface area contributed by atoms with E-state index in [1.54, 1.807) is 7.11 Å². The summed E-state index contributed by atoms with van der Waals surface area (Å²) in [4.78, 5) is 6.88. The predicted molar refractivity (Wildman–Crippen MR) is 86.6 cm³/mol. The van der Waals surface area contributed by atoms with Crippen molar-refractivity contribution in [3.8, 4) is 5.75 Å². The van der Waals surface area contributed by atoms with Gasteiger partial charge in [0.1, 0.15) is 5.75 Å². The summed E-state index contributed by atoms with van der Waals surface area (Å²) in [6, 6.07) is 8.47. The third kappa shape index (κ3) is 4.63. The van der Waals surface area contributed by atoms with E-state index in [4.69, 9.17) is 10.5 Å². The number of nitrogens with two attached hydrogens (primary N) is 1. The second-order valence-electron chi connectivity index (χ2n) is 5.36. The van der Waals surface area contributed by atoms with E-state index in [1.807, 2.05) is 24.3 Å². The molecule has 0 aromatic heterocycles. The van der Waals surface area contributed by atoms with E-state index >= 15 is 0 Å². The number of likely N-dealkylation sites (tertiary alicyclic amines) is 1. The first-order valence-corrected chi connectivity index (χ1v) is 7.63. The van der Waals surface area contributed by atoms with Crippen LogP contribution in [0.2, 0.25) is 0 Å². The van der Waals surface area contributed by atoms with Gasteiger partial charge < -0.3 is 15.8 Å². The van der Waals surface area contributed by atoms with Crippen molar-refractivity contribution in [2.75, 3.05) is 26.7 Å². The summed E-state index contributed by atoms with van der Waals surface area (Å²) in [5, 5.41) is 3.24. The number of rotatable bonds is 6. The van der Waals surface area contributed by atoms with E-state index in [0.717, 1.165) is 24.4 Å². The number of hydrogen-bond donors (Lipinski definition) is 2. The Morgan fingerprint density at radius 3 is 2.86 bits per heavy atom. The lowest BCUT2D eigenvalue weighted by atomic mass is 10.2. The first-order valence-electron chi connectivity index (χ1n) is 7.63. The predicted octanol–water partition coefficient (Wildman–Crippen LogP) is 1.58. The van der Waals surface area contributed by atoms with E-state index in [9.17, 15) is 0 Å². The number of benzene rings is 1. The Kier molecular flexibility index (Phi) is 5.87. The van der Waals surface area contributed by atoms with Crippen LogP contribution in [0.3, 0.4) is 0 Å². The smallest absolute Gasteiger partial charge is 0.188 e. The van der Waals surface area contributed by atoms with Crippen LogP contribution in [0.25, 0.3) is 0 Å². The molecule has 0 spiro atoms. The maximum atomic E-state index is 5.94. The standard InChI is InChI=1S/C16H26N4O/c1-3-20-10-4-5-14(20)12-19-16(17)18-11-13-6-8-15(21-2)9-7-13/h6-9,14H,3-5,10-12H2,1-2H3,(H3,17,18,19). The molecule has 5 nitrogen and oxygen atoms in total. The zero-order valence-electron chi connectivity index (χ0n) is 13.0. The van der Waals surface area contributed by atoms with Crippen molar-refractivity contribution >= 4 is 5.96 Å². The molecular formula is C16H26N4O. The minimum absolute atomic E-state index is 0.522. The van der Waals surface area contributed by atoms with Gasteiger partial charge in [-0.2, -0.15) is 0 Å². The van der Waals surface area contributed by atoms with E-state index in [1.165, 1.54) is 19.4 Å². The van der Waals surface area contributed by atoms with Crippen LogP contribution in [-0.4, -0.2) is 43.6 Å². The molecule has 1 aliphatic heterocycles. The lowest BCUT2D eigenvalue weighted by Crippen LogP contribution is -2.42. The van der Waals surface area contributed by atoms with Gasteiger partial charge in [-0.15, -0.1) is 0 Å². The second-order valence-corrected chi connectivity index (χ2v) is 5.36. The van der Waals surface area contributed by atoms with Crippen LogP contribution in [-0.2, 0) is 6.54 Å². The van der Waals surface area contributed by atoms with Crippen LogP contribution in [0, 0.1) is 0 Å². The summed E-state index contributed by atoms with van der Waals surface area (Å²) in [6.07, 6.45) is 2.52. The quantitative estimate of drug-likeness (QED) is 0.617. The molecule has 1 fully saturated rings. The molecule has 1 aromatic rings. The topological polar surface area (TPSA) is 62.9 Å². The molecule has 5 heteroatoms. The fourth-order valence-corrected chi connectivity index (χ4v) is 2.73. The van der Waals surface area contributed by atoms with Gasteiger partial charge in [-0.25, -0.2) is 4.99 Å². The number of ether oxygens (including phenoxy) is 1. The van der Waals surface area contributed by atoms with E-state index < -0.39 is 0 Å². The molecule has 0 radical (unpaired) electrons. The number of guanidine groups is 1. The maximum Gasteiger partial charge on any atom is 0.188 e. The highest BCUT2D eigenvalue weighted by Gasteiger charge is 2.22. The molecule has 1 unspecified atom stereocenters. The number of hydrogen-bond acceptors (Lipinski definition) is 3. The van der Waals surface area contributed by atoms with Gasteiger partial charge in [0.2, 0.25) is 0 Å². The van der Waals surface area contributed by atoms with Gasteiger partial charge in [-0.1, -0.05) is 19.1 Å². The first kappa shape index (κ1) is 15.6. The number of nitrogens with zero attached hydrogens (tertiary/aromatic N) is 2. The molecule has 2 rings (SSSR count). The summed E-state index contributed by atoms with van der Waals surface area (Å²) in [6.45, 7) is 5.98. The summed E-state index contributed by atoms with van der Waals surface area (Å²) in [7, 11) is 1.66. The Morgan fingerprint density at radius 2 is 2.19 bits per heavy atom. The number of likely N-dealkylation sites (N-methyl/N-ethyl adjacent to an activating group) is 1. The highest BCUT2D eigenvalue weighted by molar-refractivity contribution is 5.77. The monoisotopic (exact) mass is 290 g/mol. The Labute approximate surface area is 127 Å². The van der Waals surface area contributed by atoms with Gasteiger partial charge in [0.25, 0.3) is 0 Å². The summed E-state index contributed by atoms with van der Waals surface area (Å²) >= 11 is 0. The molecule has 1 aliphatic rings. The Balaban J connectivity index is 1.78. The van der Waals surface area contributed by atoms with Crippen molar-refractivity contribution in [3.63, 3.8) is 0 Å². The lowest BCUT2D eigenvalue weighted by molar-refractivity contribution is 0.267. The number of methoxy groups -OCH3 is 1. The third-order valence-electron chi connectivity index (χ3n) is 4.02. The van der Waals surface area contributed by atoms with Crippen LogP contribution in [0.5, 0.6) is 5.75 Å². The van der Waals surface area contributed by atoms with Crippen molar-refractivity contribution in [1.29, 1.82) is 0 Å². The molecule has 0 aliphatic carbocycles. The molecule has 3 N–H and O–H groups in total. The second kappa shape index (κ2) is 7.88. The Hall–Kier alpha value is -1.75. The average molecular weight is 290 g/mol.